The van der Waals surface area contributed by atoms with Gasteiger partial charge < -0.3 is 10.2 Å². The van der Waals surface area contributed by atoms with Crippen molar-refractivity contribution in [3.05, 3.63) is 29.4 Å². The van der Waals surface area contributed by atoms with E-state index in [-0.39, 0.29) is 30.7 Å². The van der Waals surface area contributed by atoms with Gasteiger partial charge in [-0.05, 0) is 44.7 Å². The Bertz CT molecular complexity index is 1130. The second-order valence-corrected chi connectivity index (χ2v) is 9.46. The Balaban J connectivity index is 1.29. The third-order valence-corrected chi connectivity index (χ3v) is 6.94. The number of nitrogens with zero attached hydrogens (tertiary/aromatic N) is 5. The average Bonchev–Trinajstić information content (AvgIpc) is 3.32. The molecule has 3 atom stereocenters. The summed E-state index contributed by atoms with van der Waals surface area (Å²) in [6.45, 7) is 1.59. The molecule has 0 saturated carbocycles. The molecule has 2 aliphatic rings. The maximum absolute atomic E-state index is 13.0. The lowest BCUT2D eigenvalue weighted by Crippen LogP contribution is -2.53. The van der Waals surface area contributed by atoms with E-state index in [0.717, 1.165) is 33.9 Å². The number of hydrogen-bond acceptors (Lipinski definition) is 7. The van der Waals surface area contributed by atoms with Gasteiger partial charge in [0.2, 0.25) is 0 Å². The zero-order valence-corrected chi connectivity index (χ0v) is 18.3. The summed E-state index contributed by atoms with van der Waals surface area (Å²) in [5.74, 6) is 0.429. The third-order valence-electron chi connectivity index (χ3n) is 6.08. The standard InChI is InChI=1S/C21H23F2N7OS/c1-11-28-29-20(32-11)16-5-2-12-9-25-19(8-17(12)26-16)27-21(31)30-14-3-4-15(30)7-13(6-14)24-10-18(22)23/h2,5,8-9,13-15,18,24H,3-4,6-7,10H2,1H3,(H,25,27,31)/t13-,14-,15+. The van der Waals surface area contributed by atoms with Crippen LogP contribution in [-0.4, -0.2) is 62.2 Å². The molecule has 2 bridgehead atoms. The lowest BCUT2D eigenvalue weighted by molar-refractivity contribution is 0.115. The number of fused-ring (bicyclic) bond motifs is 3. The molecular weight excluding hydrogens is 436 g/mol. The Morgan fingerprint density at radius 2 is 2.03 bits per heavy atom. The normalized spacial score (nSPS) is 22.6. The van der Waals surface area contributed by atoms with Gasteiger partial charge >= 0.3 is 6.03 Å². The van der Waals surface area contributed by atoms with Crippen LogP contribution in [0, 0.1) is 6.92 Å². The molecule has 2 amide bonds. The molecule has 0 spiro atoms. The molecular formula is C21H23F2N7OS. The number of carbonyl (C=O) groups is 1. The molecule has 0 aliphatic carbocycles. The fourth-order valence-corrected chi connectivity index (χ4v) is 5.37. The van der Waals surface area contributed by atoms with Crippen molar-refractivity contribution in [2.24, 2.45) is 0 Å². The summed E-state index contributed by atoms with van der Waals surface area (Å²) in [7, 11) is 0. The number of aryl methyl sites for hydroxylation is 1. The minimum Gasteiger partial charge on any atom is -0.318 e. The van der Waals surface area contributed by atoms with Crippen molar-refractivity contribution in [2.75, 3.05) is 11.9 Å². The van der Waals surface area contributed by atoms with Crippen LogP contribution in [0.15, 0.2) is 24.4 Å². The summed E-state index contributed by atoms with van der Waals surface area (Å²) in [6, 6.07) is 5.48. The highest BCUT2D eigenvalue weighted by atomic mass is 32.1. The van der Waals surface area contributed by atoms with Gasteiger partial charge in [-0.1, -0.05) is 11.3 Å². The van der Waals surface area contributed by atoms with E-state index in [9.17, 15) is 13.6 Å². The van der Waals surface area contributed by atoms with Gasteiger partial charge in [0.25, 0.3) is 6.43 Å². The second kappa shape index (κ2) is 8.62. The highest BCUT2D eigenvalue weighted by Gasteiger charge is 2.43. The van der Waals surface area contributed by atoms with Crippen LogP contribution in [0.4, 0.5) is 19.4 Å². The molecule has 11 heteroatoms. The van der Waals surface area contributed by atoms with E-state index in [1.807, 2.05) is 24.0 Å². The first kappa shape index (κ1) is 21.1. The largest absolute Gasteiger partial charge is 0.323 e. The Morgan fingerprint density at radius 3 is 2.72 bits per heavy atom. The van der Waals surface area contributed by atoms with Gasteiger partial charge in [-0.3, -0.25) is 5.32 Å². The summed E-state index contributed by atoms with van der Waals surface area (Å²) in [6.07, 6.45) is 2.48. The number of halogens is 2. The quantitative estimate of drug-likeness (QED) is 0.602. The fraction of sp³-hybridized carbons (Fsp3) is 0.476. The van der Waals surface area contributed by atoms with Crippen LogP contribution in [0.2, 0.25) is 0 Å². The van der Waals surface area contributed by atoms with Crippen LogP contribution in [0.3, 0.4) is 0 Å². The molecule has 32 heavy (non-hydrogen) atoms. The molecule has 2 fully saturated rings. The summed E-state index contributed by atoms with van der Waals surface area (Å²) in [4.78, 5) is 23.9. The number of carbonyl (C=O) groups excluding carboxylic acids is 1. The van der Waals surface area contributed by atoms with Gasteiger partial charge in [-0.15, -0.1) is 10.2 Å². The number of anilines is 1. The molecule has 2 aliphatic heterocycles. The lowest BCUT2D eigenvalue weighted by atomic mass is 9.97. The van der Waals surface area contributed by atoms with Gasteiger partial charge in [0, 0.05) is 35.8 Å². The van der Waals surface area contributed by atoms with Crippen molar-refractivity contribution in [1.29, 1.82) is 0 Å². The topological polar surface area (TPSA) is 95.9 Å². The average molecular weight is 460 g/mol. The number of piperidine rings is 1. The van der Waals surface area contributed by atoms with E-state index in [1.54, 1.807) is 12.3 Å². The molecule has 0 unspecified atom stereocenters. The van der Waals surface area contributed by atoms with Crippen LogP contribution >= 0.6 is 11.3 Å². The summed E-state index contributed by atoms with van der Waals surface area (Å²) in [5, 5.41) is 16.5. The SMILES string of the molecule is Cc1nnc(-c2ccc3cnc(NC(=O)N4[C@@H]5CC[C@H]4C[C@H](NCC(F)F)C5)cc3n2)s1. The number of hydrogen-bond donors (Lipinski definition) is 2. The molecule has 0 radical (unpaired) electrons. The fourth-order valence-electron chi connectivity index (χ4n) is 4.71. The number of nitrogens with one attached hydrogen (secondary N) is 2. The summed E-state index contributed by atoms with van der Waals surface area (Å²) in [5.41, 5.74) is 1.43. The van der Waals surface area contributed by atoms with Crippen LogP contribution in [0.5, 0.6) is 0 Å². The maximum Gasteiger partial charge on any atom is 0.323 e. The molecule has 5 rings (SSSR count). The van der Waals surface area contributed by atoms with Crippen molar-refractivity contribution in [3.63, 3.8) is 0 Å². The summed E-state index contributed by atoms with van der Waals surface area (Å²) >= 11 is 1.47. The van der Waals surface area contributed by atoms with E-state index in [0.29, 0.717) is 24.2 Å². The van der Waals surface area contributed by atoms with Crippen molar-refractivity contribution in [1.82, 2.24) is 30.4 Å². The van der Waals surface area contributed by atoms with Crippen LogP contribution < -0.4 is 10.6 Å². The first-order valence-electron chi connectivity index (χ1n) is 10.6. The lowest BCUT2D eigenvalue weighted by Gasteiger charge is -2.39. The first-order chi connectivity index (χ1) is 15.5. The van der Waals surface area contributed by atoms with E-state index in [2.05, 4.69) is 30.8 Å². The molecule has 8 nitrogen and oxygen atoms in total. The first-order valence-corrected chi connectivity index (χ1v) is 11.5. The number of aromatic nitrogens is 4. The number of urea groups is 1. The third kappa shape index (κ3) is 4.26. The molecule has 5 heterocycles. The molecule has 0 aromatic carbocycles. The molecule has 168 valence electrons. The zero-order chi connectivity index (χ0) is 22.2. The zero-order valence-electron chi connectivity index (χ0n) is 17.5. The van der Waals surface area contributed by atoms with Crippen molar-refractivity contribution in [2.45, 2.75) is 57.2 Å². The highest BCUT2D eigenvalue weighted by Crippen LogP contribution is 2.36. The Labute approximate surface area is 187 Å². The predicted octanol–water partition coefficient (Wildman–Crippen LogP) is 3.84. The van der Waals surface area contributed by atoms with Crippen molar-refractivity contribution in [3.8, 4) is 10.7 Å². The van der Waals surface area contributed by atoms with Gasteiger partial charge in [0.15, 0.2) is 5.01 Å². The minimum atomic E-state index is -2.36. The van der Waals surface area contributed by atoms with E-state index < -0.39 is 6.43 Å². The van der Waals surface area contributed by atoms with Crippen molar-refractivity contribution >= 4 is 34.1 Å². The number of pyridine rings is 2. The Hall–Kier alpha value is -2.79. The molecule has 3 aromatic heterocycles. The smallest absolute Gasteiger partial charge is 0.318 e. The van der Waals surface area contributed by atoms with Gasteiger partial charge in [0.1, 0.15) is 16.5 Å². The molecule has 2 N–H and O–H groups in total. The Kier molecular flexibility index (Phi) is 5.68. The van der Waals surface area contributed by atoms with E-state index in [1.165, 1.54) is 11.3 Å². The van der Waals surface area contributed by atoms with Crippen LogP contribution in [0.25, 0.3) is 21.6 Å². The van der Waals surface area contributed by atoms with Gasteiger partial charge in [0.05, 0.1) is 12.1 Å². The number of alkyl halides is 2. The predicted molar refractivity (Wildman–Crippen MR) is 118 cm³/mol. The van der Waals surface area contributed by atoms with Crippen molar-refractivity contribution < 1.29 is 13.6 Å². The van der Waals surface area contributed by atoms with Gasteiger partial charge in [-0.2, -0.15) is 0 Å². The van der Waals surface area contributed by atoms with E-state index in [4.69, 9.17) is 0 Å². The van der Waals surface area contributed by atoms with Gasteiger partial charge in [-0.25, -0.2) is 23.5 Å². The Morgan fingerprint density at radius 1 is 1.25 bits per heavy atom. The summed E-state index contributed by atoms with van der Waals surface area (Å²) < 4.78 is 25.1. The number of amides is 2. The minimum absolute atomic E-state index is 0.0240. The maximum atomic E-state index is 13.0. The van der Waals surface area contributed by atoms with Crippen LogP contribution in [-0.2, 0) is 0 Å². The number of rotatable bonds is 5. The van der Waals surface area contributed by atoms with Crippen LogP contribution in [0.1, 0.15) is 30.7 Å². The molecule has 2 saturated heterocycles. The van der Waals surface area contributed by atoms with E-state index >= 15 is 0 Å². The molecule has 3 aromatic rings. The monoisotopic (exact) mass is 459 g/mol. The second-order valence-electron chi connectivity index (χ2n) is 8.28. The highest BCUT2D eigenvalue weighted by molar-refractivity contribution is 7.14.